The van der Waals surface area contributed by atoms with Gasteiger partial charge in [-0.05, 0) is 44.0 Å². The first-order valence-corrected chi connectivity index (χ1v) is 10.8. The van der Waals surface area contributed by atoms with Crippen LogP contribution in [0, 0.1) is 6.92 Å². The van der Waals surface area contributed by atoms with Crippen LogP contribution in [0.25, 0.3) is 0 Å². The topological polar surface area (TPSA) is 66.5 Å². The van der Waals surface area contributed by atoms with Crippen molar-refractivity contribution in [2.45, 2.75) is 43.5 Å². The highest BCUT2D eigenvalue weighted by Gasteiger charge is 2.29. The van der Waals surface area contributed by atoms with E-state index in [9.17, 15) is 13.2 Å². The van der Waals surface area contributed by atoms with Gasteiger partial charge >= 0.3 is 0 Å². The molecule has 1 aliphatic rings. The first-order chi connectivity index (χ1) is 12.9. The van der Waals surface area contributed by atoms with E-state index in [1.165, 1.54) is 0 Å². The third-order valence-electron chi connectivity index (χ3n) is 4.74. The summed E-state index contributed by atoms with van der Waals surface area (Å²) in [7, 11) is -3.93. The molecule has 2 aromatic rings. The molecule has 1 aliphatic carbocycles. The summed E-state index contributed by atoms with van der Waals surface area (Å²) < 4.78 is 27.6. The normalized spacial score (nSPS) is 14.9. The molecule has 1 N–H and O–H groups in total. The molecular formula is C20H23ClN2O3S. The van der Waals surface area contributed by atoms with E-state index in [4.69, 9.17) is 11.6 Å². The molecule has 144 valence electrons. The van der Waals surface area contributed by atoms with E-state index in [1.807, 2.05) is 6.92 Å². The lowest BCUT2D eigenvalue weighted by Gasteiger charge is -2.25. The van der Waals surface area contributed by atoms with Crippen LogP contribution in [0.2, 0.25) is 5.02 Å². The van der Waals surface area contributed by atoms with Crippen molar-refractivity contribution in [1.82, 2.24) is 5.32 Å². The Morgan fingerprint density at radius 2 is 1.74 bits per heavy atom. The van der Waals surface area contributed by atoms with E-state index < -0.39 is 10.0 Å². The number of nitrogens with zero attached hydrogens (tertiary/aromatic N) is 1. The van der Waals surface area contributed by atoms with E-state index >= 15 is 0 Å². The third-order valence-corrected chi connectivity index (χ3v) is 6.83. The molecule has 0 saturated heterocycles. The second-order valence-electron chi connectivity index (χ2n) is 6.83. The van der Waals surface area contributed by atoms with Crippen LogP contribution in [0.3, 0.4) is 0 Å². The van der Waals surface area contributed by atoms with Gasteiger partial charge in [-0.1, -0.05) is 54.3 Å². The highest BCUT2D eigenvalue weighted by atomic mass is 35.5. The Hall–Kier alpha value is -2.05. The van der Waals surface area contributed by atoms with Gasteiger partial charge in [-0.25, -0.2) is 8.42 Å². The molecule has 0 bridgehead atoms. The van der Waals surface area contributed by atoms with E-state index in [0.29, 0.717) is 5.69 Å². The summed E-state index contributed by atoms with van der Waals surface area (Å²) in [6, 6.07) is 13.3. The minimum Gasteiger partial charge on any atom is -0.352 e. The zero-order valence-electron chi connectivity index (χ0n) is 15.2. The molecule has 2 aromatic carbocycles. The van der Waals surface area contributed by atoms with Gasteiger partial charge in [0.2, 0.25) is 5.91 Å². The van der Waals surface area contributed by atoms with Gasteiger partial charge in [-0.15, -0.1) is 0 Å². The van der Waals surface area contributed by atoms with Gasteiger partial charge in [0.25, 0.3) is 10.0 Å². The third kappa shape index (κ3) is 4.62. The number of nitrogens with one attached hydrogen (secondary N) is 1. The van der Waals surface area contributed by atoms with Crippen LogP contribution in [-0.4, -0.2) is 26.9 Å². The number of benzene rings is 2. The molecule has 1 fully saturated rings. The minimum atomic E-state index is -3.93. The first-order valence-electron chi connectivity index (χ1n) is 9.01. The maximum Gasteiger partial charge on any atom is 0.264 e. The van der Waals surface area contributed by atoms with Crippen molar-refractivity contribution in [3.05, 3.63) is 59.1 Å². The van der Waals surface area contributed by atoms with E-state index in [0.717, 1.165) is 35.6 Å². The number of carbonyl (C=O) groups excluding carboxylic acids is 1. The number of halogens is 1. The van der Waals surface area contributed by atoms with Crippen LogP contribution >= 0.6 is 11.6 Å². The highest BCUT2D eigenvalue weighted by molar-refractivity contribution is 7.92. The van der Waals surface area contributed by atoms with Gasteiger partial charge in [0.1, 0.15) is 6.54 Å². The minimum absolute atomic E-state index is 0.118. The smallest absolute Gasteiger partial charge is 0.264 e. The van der Waals surface area contributed by atoms with Gasteiger partial charge in [-0.2, -0.15) is 0 Å². The number of aryl methyl sites for hydroxylation is 1. The first kappa shape index (κ1) is 19.7. The summed E-state index contributed by atoms with van der Waals surface area (Å²) in [5.41, 5.74) is 1.25. The standard InChI is InChI=1S/C20H23ClN2O3S/c1-15-10-12-17(13-11-15)27(25,26)23(19-9-5-4-8-18(19)21)14-20(24)22-16-6-2-3-7-16/h4-5,8-13,16H,2-3,6-7,14H2,1H3,(H,22,24). The molecule has 0 heterocycles. The quantitative estimate of drug-likeness (QED) is 0.791. The Kier molecular flexibility index (Phi) is 6.07. The fourth-order valence-electron chi connectivity index (χ4n) is 3.26. The maximum atomic E-state index is 13.3. The number of sulfonamides is 1. The predicted molar refractivity (Wildman–Crippen MR) is 108 cm³/mol. The molecule has 3 rings (SSSR count). The van der Waals surface area contributed by atoms with Crippen molar-refractivity contribution >= 4 is 33.2 Å². The van der Waals surface area contributed by atoms with Crippen LogP contribution in [-0.2, 0) is 14.8 Å². The summed E-state index contributed by atoms with van der Waals surface area (Å²) in [5, 5.41) is 3.22. The van der Waals surface area contributed by atoms with E-state index in [1.54, 1.807) is 48.5 Å². The molecule has 1 saturated carbocycles. The van der Waals surface area contributed by atoms with Crippen molar-refractivity contribution in [2.75, 3.05) is 10.8 Å². The molecule has 0 atom stereocenters. The lowest BCUT2D eigenvalue weighted by molar-refractivity contribution is -0.120. The summed E-state index contributed by atoms with van der Waals surface area (Å²) in [4.78, 5) is 12.7. The second kappa shape index (κ2) is 8.31. The van der Waals surface area contributed by atoms with Gasteiger partial charge in [-0.3, -0.25) is 9.10 Å². The monoisotopic (exact) mass is 406 g/mol. The van der Waals surface area contributed by atoms with E-state index in [-0.39, 0.29) is 28.4 Å². The average Bonchev–Trinajstić information content (AvgIpc) is 3.13. The summed E-state index contributed by atoms with van der Waals surface area (Å²) in [6.07, 6.45) is 4.03. The highest BCUT2D eigenvalue weighted by Crippen LogP contribution is 2.30. The number of rotatable bonds is 6. The van der Waals surface area contributed by atoms with Gasteiger partial charge in [0, 0.05) is 6.04 Å². The zero-order valence-corrected chi connectivity index (χ0v) is 16.8. The Morgan fingerprint density at radius 1 is 1.11 bits per heavy atom. The lowest BCUT2D eigenvalue weighted by atomic mass is 10.2. The Balaban J connectivity index is 1.93. The molecular weight excluding hydrogens is 384 g/mol. The van der Waals surface area contributed by atoms with E-state index in [2.05, 4.69) is 5.32 Å². The van der Waals surface area contributed by atoms with Crippen LogP contribution < -0.4 is 9.62 Å². The molecule has 0 aliphatic heterocycles. The number of hydrogen-bond donors (Lipinski definition) is 1. The van der Waals surface area contributed by atoms with Crippen molar-refractivity contribution in [3.63, 3.8) is 0 Å². The fraction of sp³-hybridized carbons (Fsp3) is 0.350. The number of carbonyl (C=O) groups is 1. The Morgan fingerprint density at radius 3 is 2.37 bits per heavy atom. The van der Waals surface area contributed by atoms with Crippen molar-refractivity contribution in [3.8, 4) is 0 Å². The summed E-state index contributed by atoms with van der Waals surface area (Å²) in [5.74, 6) is -0.322. The molecule has 5 nitrogen and oxygen atoms in total. The SMILES string of the molecule is Cc1ccc(S(=O)(=O)N(CC(=O)NC2CCCC2)c2ccccc2Cl)cc1. The van der Waals surface area contributed by atoms with Gasteiger partial charge in [0.15, 0.2) is 0 Å². The fourth-order valence-corrected chi connectivity index (χ4v) is 4.99. The van der Waals surface area contributed by atoms with Crippen molar-refractivity contribution in [2.24, 2.45) is 0 Å². The molecule has 27 heavy (non-hydrogen) atoms. The predicted octanol–water partition coefficient (Wildman–Crippen LogP) is 3.90. The Labute approximate surface area is 165 Å². The second-order valence-corrected chi connectivity index (χ2v) is 9.09. The molecule has 1 amide bonds. The number of amides is 1. The average molecular weight is 407 g/mol. The molecule has 0 radical (unpaired) electrons. The number of hydrogen-bond acceptors (Lipinski definition) is 3. The molecule has 0 unspecified atom stereocenters. The van der Waals surface area contributed by atoms with Crippen LogP contribution in [0.1, 0.15) is 31.2 Å². The summed E-state index contributed by atoms with van der Waals surface area (Å²) in [6.45, 7) is 1.58. The number of anilines is 1. The largest absolute Gasteiger partial charge is 0.352 e. The lowest BCUT2D eigenvalue weighted by Crippen LogP contribution is -2.43. The van der Waals surface area contributed by atoms with Gasteiger partial charge in [0.05, 0.1) is 15.6 Å². The van der Waals surface area contributed by atoms with Gasteiger partial charge < -0.3 is 5.32 Å². The van der Waals surface area contributed by atoms with Crippen LogP contribution in [0.15, 0.2) is 53.4 Å². The number of para-hydroxylation sites is 1. The summed E-state index contributed by atoms with van der Waals surface area (Å²) >= 11 is 6.25. The maximum absolute atomic E-state index is 13.3. The van der Waals surface area contributed by atoms with Crippen LogP contribution in [0.5, 0.6) is 0 Å². The molecule has 7 heteroatoms. The zero-order chi connectivity index (χ0) is 19.4. The van der Waals surface area contributed by atoms with Crippen molar-refractivity contribution in [1.29, 1.82) is 0 Å². The molecule has 0 spiro atoms. The van der Waals surface area contributed by atoms with Crippen LogP contribution in [0.4, 0.5) is 5.69 Å². The Bertz CT molecular complexity index is 907. The molecule has 0 aromatic heterocycles. The van der Waals surface area contributed by atoms with Crippen molar-refractivity contribution < 1.29 is 13.2 Å².